The number of nitrogens with one attached hydrogen (secondary N) is 1. The van der Waals surface area contributed by atoms with E-state index in [1.54, 1.807) is 0 Å². The second-order valence-electron chi connectivity index (χ2n) is 7.78. The van der Waals surface area contributed by atoms with Crippen LogP contribution >= 0.6 is 24.0 Å². The molecule has 3 rings (SSSR count). The molecule has 30 heavy (non-hydrogen) atoms. The SMILES string of the molecule is CCNC(=NCc1ccccc1CN(CC)CC)N1CCC(c2cnn(C)c2)C1.I. The van der Waals surface area contributed by atoms with Gasteiger partial charge in [-0.15, -0.1) is 24.0 Å². The lowest BCUT2D eigenvalue weighted by molar-refractivity contribution is 0.295. The third-order valence-electron chi connectivity index (χ3n) is 5.82. The predicted octanol–water partition coefficient (Wildman–Crippen LogP) is 3.83. The number of benzene rings is 1. The molecule has 1 aromatic carbocycles. The van der Waals surface area contributed by atoms with Gasteiger partial charge in [-0.05, 0) is 43.1 Å². The summed E-state index contributed by atoms with van der Waals surface area (Å²) in [5, 5.41) is 7.84. The molecule has 0 amide bonds. The topological polar surface area (TPSA) is 48.7 Å². The molecule has 1 N–H and O–H groups in total. The molecule has 2 heterocycles. The molecule has 166 valence electrons. The first-order chi connectivity index (χ1) is 14.1. The predicted molar refractivity (Wildman–Crippen MR) is 135 cm³/mol. The van der Waals surface area contributed by atoms with Crippen molar-refractivity contribution in [3.63, 3.8) is 0 Å². The van der Waals surface area contributed by atoms with Crippen molar-refractivity contribution in [2.45, 2.75) is 46.2 Å². The molecule has 1 aliphatic rings. The lowest BCUT2D eigenvalue weighted by Crippen LogP contribution is -2.40. The van der Waals surface area contributed by atoms with E-state index in [4.69, 9.17) is 4.99 Å². The van der Waals surface area contributed by atoms with Gasteiger partial charge in [0, 0.05) is 45.3 Å². The Morgan fingerprint density at radius 3 is 2.57 bits per heavy atom. The lowest BCUT2D eigenvalue weighted by Gasteiger charge is -2.22. The van der Waals surface area contributed by atoms with Gasteiger partial charge in [0.2, 0.25) is 0 Å². The van der Waals surface area contributed by atoms with Crippen LogP contribution in [0.25, 0.3) is 0 Å². The monoisotopic (exact) mass is 524 g/mol. The van der Waals surface area contributed by atoms with E-state index in [9.17, 15) is 0 Å². The van der Waals surface area contributed by atoms with Gasteiger partial charge in [-0.3, -0.25) is 9.58 Å². The minimum absolute atomic E-state index is 0. The summed E-state index contributed by atoms with van der Waals surface area (Å²) in [6.45, 7) is 13.3. The molecule has 0 aliphatic carbocycles. The number of guanidine groups is 1. The van der Waals surface area contributed by atoms with Gasteiger partial charge in [-0.1, -0.05) is 38.1 Å². The molecule has 0 radical (unpaired) electrons. The summed E-state index contributed by atoms with van der Waals surface area (Å²) in [5.74, 6) is 1.55. The fourth-order valence-corrected chi connectivity index (χ4v) is 4.02. The van der Waals surface area contributed by atoms with Crippen molar-refractivity contribution in [2.75, 3.05) is 32.7 Å². The van der Waals surface area contributed by atoms with E-state index in [-0.39, 0.29) is 24.0 Å². The first kappa shape index (κ1) is 24.7. The molecule has 7 heteroatoms. The molecule has 1 unspecified atom stereocenters. The minimum atomic E-state index is 0. The molecule has 0 bridgehead atoms. The summed E-state index contributed by atoms with van der Waals surface area (Å²) < 4.78 is 1.89. The number of nitrogens with zero attached hydrogens (tertiary/aromatic N) is 5. The first-order valence-corrected chi connectivity index (χ1v) is 11.0. The van der Waals surface area contributed by atoms with Crippen molar-refractivity contribution in [3.8, 4) is 0 Å². The highest BCUT2D eigenvalue weighted by Gasteiger charge is 2.26. The van der Waals surface area contributed by atoms with Crippen molar-refractivity contribution >= 4 is 29.9 Å². The van der Waals surface area contributed by atoms with Crippen LogP contribution in [0.3, 0.4) is 0 Å². The minimum Gasteiger partial charge on any atom is -0.357 e. The molecule has 0 saturated carbocycles. The van der Waals surface area contributed by atoms with Crippen LogP contribution in [0.5, 0.6) is 0 Å². The average Bonchev–Trinajstić information content (AvgIpc) is 3.39. The molecule has 1 aliphatic heterocycles. The molecule has 2 aromatic rings. The summed E-state index contributed by atoms with van der Waals surface area (Å²) in [4.78, 5) is 9.86. The van der Waals surface area contributed by atoms with Gasteiger partial charge < -0.3 is 10.2 Å². The molecule has 6 nitrogen and oxygen atoms in total. The molecular formula is C23H37IN6. The highest BCUT2D eigenvalue weighted by atomic mass is 127. The summed E-state index contributed by atoms with van der Waals surface area (Å²) >= 11 is 0. The standard InChI is InChI=1S/C23H36N6.HI/c1-5-24-23(29-13-12-21(18-29)22-15-26-27(4)16-22)25-14-19-10-8-9-11-20(19)17-28(6-2)7-3;/h8-11,15-16,21H,5-7,12-14,17-18H2,1-4H3,(H,24,25);1H. The zero-order valence-corrected chi connectivity index (χ0v) is 21.2. The van der Waals surface area contributed by atoms with Crippen molar-refractivity contribution in [1.29, 1.82) is 0 Å². The van der Waals surface area contributed by atoms with Crippen LogP contribution in [0.1, 0.15) is 49.8 Å². The summed E-state index contributed by atoms with van der Waals surface area (Å²) in [6.07, 6.45) is 5.29. The van der Waals surface area contributed by atoms with Crippen molar-refractivity contribution in [1.82, 2.24) is 24.9 Å². The van der Waals surface area contributed by atoms with Gasteiger partial charge in [0.05, 0.1) is 12.7 Å². The molecule has 1 aromatic heterocycles. The molecular weight excluding hydrogens is 487 g/mol. The number of hydrogen-bond acceptors (Lipinski definition) is 3. The second kappa shape index (κ2) is 12.3. The van der Waals surface area contributed by atoms with Gasteiger partial charge in [0.25, 0.3) is 0 Å². The van der Waals surface area contributed by atoms with Crippen LogP contribution in [0.15, 0.2) is 41.7 Å². The Labute approximate surface area is 198 Å². The number of aliphatic imine (C=N–C) groups is 1. The Hall–Kier alpha value is -1.61. The number of aryl methyl sites for hydroxylation is 1. The zero-order valence-electron chi connectivity index (χ0n) is 18.8. The Morgan fingerprint density at radius 2 is 1.93 bits per heavy atom. The highest BCUT2D eigenvalue weighted by Crippen LogP contribution is 2.26. The number of aromatic nitrogens is 2. The van der Waals surface area contributed by atoms with Gasteiger partial charge in [-0.25, -0.2) is 4.99 Å². The van der Waals surface area contributed by atoms with Crippen LogP contribution in [0.4, 0.5) is 0 Å². The maximum absolute atomic E-state index is 5.01. The van der Waals surface area contributed by atoms with Crippen LogP contribution in [-0.2, 0) is 20.1 Å². The Kier molecular flexibility index (Phi) is 10.1. The van der Waals surface area contributed by atoms with E-state index in [2.05, 4.69) is 71.4 Å². The summed E-state index contributed by atoms with van der Waals surface area (Å²) in [6, 6.07) is 8.71. The maximum Gasteiger partial charge on any atom is 0.194 e. The molecule has 0 spiro atoms. The summed E-state index contributed by atoms with van der Waals surface area (Å²) in [7, 11) is 1.98. The van der Waals surface area contributed by atoms with Crippen molar-refractivity contribution in [3.05, 3.63) is 53.3 Å². The third-order valence-corrected chi connectivity index (χ3v) is 5.82. The molecule has 1 saturated heterocycles. The number of likely N-dealkylation sites (tertiary alicyclic amines) is 1. The number of halogens is 1. The Bertz CT molecular complexity index is 798. The maximum atomic E-state index is 5.01. The van der Waals surface area contributed by atoms with E-state index >= 15 is 0 Å². The lowest BCUT2D eigenvalue weighted by atomic mass is 10.0. The van der Waals surface area contributed by atoms with Crippen LogP contribution < -0.4 is 5.32 Å². The van der Waals surface area contributed by atoms with Gasteiger partial charge in [-0.2, -0.15) is 5.10 Å². The largest absolute Gasteiger partial charge is 0.357 e. The van der Waals surface area contributed by atoms with E-state index in [0.29, 0.717) is 12.5 Å². The molecule has 1 atom stereocenters. The van der Waals surface area contributed by atoms with Gasteiger partial charge in [0.1, 0.15) is 0 Å². The smallest absolute Gasteiger partial charge is 0.194 e. The third kappa shape index (κ3) is 6.44. The van der Waals surface area contributed by atoms with Crippen molar-refractivity contribution in [2.24, 2.45) is 12.0 Å². The van der Waals surface area contributed by atoms with E-state index in [1.807, 2.05) is 17.9 Å². The average molecular weight is 524 g/mol. The number of rotatable bonds is 8. The normalized spacial score (nSPS) is 16.8. The fraction of sp³-hybridized carbons (Fsp3) is 0.565. The fourth-order valence-electron chi connectivity index (χ4n) is 4.02. The number of hydrogen-bond donors (Lipinski definition) is 1. The van der Waals surface area contributed by atoms with Crippen LogP contribution in [0, 0.1) is 0 Å². The zero-order chi connectivity index (χ0) is 20.6. The van der Waals surface area contributed by atoms with E-state index in [0.717, 1.165) is 51.6 Å². The van der Waals surface area contributed by atoms with Crippen LogP contribution in [-0.4, -0.2) is 58.3 Å². The van der Waals surface area contributed by atoms with Crippen molar-refractivity contribution < 1.29 is 0 Å². The molecule has 1 fully saturated rings. The highest BCUT2D eigenvalue weighted by molar-refractivity contribution is 14.0. The van der Waals surface area contributed by atoms with Gasteiger partial charge >= 0.3 is 0 Å². The van der Waals surface area contributed by atoms with E-state index < -0.39 is 0 Å². The summed E-state index contributed by atoms with van der Waals surface area (Å²) in [5.41, 5.74) is 4.03. The second-order valence-corrected chi connectivity index (χ2v) is 7.78. The quantitative estimate of drug-likeness (QED) is 0.324. The van der Waals surface area contributed by atoms with Crippen LogP contribution in [0.2, 0.25) is 0 Å². The van der Waals surface area contributed by atoms with Gasteiger partial charge in [0.15, 0.2) is 5.96 Å². The van der Waals surface area contributed by atoms with E-state index in [1.165, 1.54) is 16.7 Å². The first-order valence-electron chi connectivity index (χ1n) is 11.0. The Balaban J connectivity index is 0.00000320. The Morgan fingerprint density at radius 1 is 1.20 bits per heavy atom.